The molecule has 0 aliphatic carbocycles. The second-order valence-corrected chi connectivity index (χ2v) is 5.49. The first-order valence-corrected chi connectivity index (χ1v) is 7.73. The van der Waals surface area contributed by atoms with E-state index >= 15 is 0 Å². The number of para-hydroxylation sites is 1. The Labute approximate surface area is 145 Å². The molecule has 0 aliphatic heterocycles. The van der Waals surface area contributed by atoms with Gasteiger partial charge in [0.25, 0.3) is 5.69 Å². The molecule has 0 radical (unpaired) electrons. The van der Waals surface area contributed by atoms with Gasteiger partial charge in [-0.1, -0.05) is 25.1 Å². The number of anilines is 2. The fourth-order valence-corrected chi connectivity index (χ4v) is 2.50. The van der Waals surface area contributed by atoms with Gasteiger partial charge in [0, 0.05) is 18.8 Å². The number of carbonyl (C=O) groups is 1. The third-order valence-electron chi connectivity index (χ3n) is 3.77. The maximum atomic E-state index is 12.3. The van der Waals surface area contributed by atoms with Crippen LogP contribution in [0.2, 0.25) is 0 Å². The van der Waals surface area contributed by atoms with Crippen LogP contribution in [0.4, 0.5) is 17.1 Å². The quantitative estimate of drug-likeness (QED) is 0.644. The van der Waals surface area contributed by atoms with E-state index in [4.69, 9.17) is 5.26 Å². The van der Waals surface area contributed by atoms with Crippen LogP contribution in [-0.2, 0) is 11.2 Å². The Bertz CT molecular complexity index is 842. The number of nitriles is 1. The van der Waals surface area contributed by atoms with Crippen LogP contribution >= 0.6 is 0 Å². The molecule has 7 heteroatoms. The Morgan fingerprint density at radius 2 is 2.04 bits per heavy atom. The minimum Gasteiger partial charge on any atom is -0.360 e. The molecule has 0 aromatic heterocycles. The summed E-state index contributed by atoms with van der Waals surface area (Å²) < 4.78 is 0. The molecule has 7 nitrogen and oxygen atoms in total. The standard InChI is InChI=1S/C18H18N4O3/c1-3-14-6-4-5-7-15(14)20-18(23)12-21(2)16-9-8-13(11-19)10-17(16)22(24)25/h4-10H,3,12H2,1-2H3,(H,20,23). The zero-order chi connectivity index (χ0) is 18.4. The van der Waals surface area contributed by atoms with E-state index in [2.05, 4.69) is 5.32 Å². The van der Waals surface area contributed by atoms with E-state index in [-0.39, 0.29) is 29.4 Å². The lowest BCUT2D eigenvalue weighted by Gasteiger charge is -2.19. The van der Waals surface area contributed by atoms with Crippen LogP contribution in [0.1, 0.15) is 18.1 Å². The largest absolute Gasteiger partial charge is 0.360 e. The number of carbonyl (C=O) groups excluding carboxylic acids is 1. The molecule has 0 atom stereocenters. The van der Waals surface area contributed by atoms with Gasteiger partial charge in [0.2, 0.25) is 5.91 Å². The number of benzene rings is 2. The minimum atomic E-state index is -0.559. The van der Waals surface area contributed by atoms with E-state index in [9.17, 15) is 14.9 Å². The molecular weight excluding hydrogens is 320 g/mol. The highest BCUT2D eigenvalue weighted by Gasteiger charge is 2.20. The number of nitro groups is 1. The predicted molar refractivity (Wildman–Crippen MR) is 95.5 cm³/mol. The van der Waals surface area contributed by atoms with Crippen LogP contribution < -0.4 is 10.2 Å². The van der Waals surface area contributed by atoms with Gasteiger partial charge in [0.1, 0.15) is 5.69 Å². The highest BCUT2D eigenvalue weighted by atomic mass is 16.6. The van der Waals surface area contributed by atoms with Gasteiger partial charge in [-0.05, 0) is 30.2 Å². The average molecular weight is 338 g/mol. The number of nitrogens with one attached hydrogen (secondary N) is 1. The summed E-state index contributed by atoms with van der Waals surface area (Å²) in [5.41, 5.74) is 2.02. The highest BCUT2D eigenvalue weighted by molar-refractivity contribution is 5.95. The normalized spacial score (nSPS) is 9.96. The summed E-state index contributed by atoms with van der Waals surface area (Å²) in [4.78, 5) is 24.4. The van der Waals surface area contributed by atoms with Crippen molar-refractivity contribution < 1.29 is 9.72 Å². The van der Waals surface area contributed by atoms with Crippen LogP contribution in [0.5, 0.6) is 0 Å². The van der Waals surface area contributed by atoms with Crippen LogP contribution in [0.25, 0.3) is 0 Å². The molecule has 1 N–H and O–H groups in total. The molecule has 1 amide bonds. The van der Waals surface area contributed by atoms with Crippen LogP contribution in [0.3, 0.4) is 0 Å². The zero-order valence-corrected chi connectivity index (χ0v) is 14.0. The van der Waals surface area contributed by atoms with Crippen molar-refractivity contribution in [1.29, 1.82) is 5.26 Å². The van der Waals surface area contributed by atoms with Gasteiger partial charge < -0.3 is 10.2 Å². The molecule has 2 rings (SSSR count). The maximum absolute atomic E-state index is 12.3. The van der Waals surface area contributed by atoms with Gasteiger partial charge >= 0.3 is 0 Å². The molecule has 0 unspecified atom stereocenters. The summed E-state index contributed by atoms with van der Waals surface area (Å²) in [7, 11) is 1.60. The second-order valence-electron chi connectivity index (χ2n) is 5.49. The highest BCUT2D eigenvalue weighted by Crippen LogP contribution is 2.28. The molecule has 0 heterocycles. The number of nitrogens with zero attached hydrogens (tertiary/aromatic N) is 3. The van der Waals surface area contributed by atoms with Crippen molar-refractivity contribution in [3.05, 3.63) is 63.7 Å². The molecule has 0 aliphatic rings. The SMILES string of the molecule is CCc1ccccc1NC(=O)CN(C)c1ccc(C#N)cc1[N+](=O)[O-]. The van der Waals surface area contributed by atoms with E-state index in [1.54, 1.807) is 7.05 Å². The fourth-order valence-electron chi connectivity index (χ4n) is 2.50. The topological polar surface area (TPSA) is 99.3 Å². The van der Waals surface area contributed by atoms with E-state index in [0.29, 0.717) is 0 Å². The van der Waals surface area contributed by atoms with Crippen molar-refractivity contribution in [1.82, 2.24) is 0 Å². The smallest absolute Gasteiger partial charge is 0.293 e. The third-order valence-corrected chi connectivity index (χ3v) is 3.77. The molecule has 0 saturated heterocycles. The lowest BCUT2D eigenvalue weighted by molar-refractivity contribution is -0.384. The molecular formula is C18H18N4O3. The van der Waals surface area contributed by atoms with Gasteiger partial charge in [0.05, 0.1) is 23.1 Å². The van der Waals surface area contributed by atoms with Crippen LogP contribution in [0, 0.1) is 21.4 Å². The van der Waals surface area contributed by atoms with Crippen LogP contribution in [-0.4, -0.2) is 24.4 Å². The Morgan fingerprint density at radius 1 is 1.32 bits per heavy atom. The van der Waals surface area contributed by atoms with Crippen LogP contribution in [0.15, 0.2) is 42.5 Å². The first kappa shape index (κ1) is 17.9. The van der Waals surface area contributed by atoms with Gasteiger partial charge in [-0.25, -0.2) is 0 Å². The fraction of sp³-hybridized carbons (Fsp3) is 0.222. The van der Waals surface area contributed by atoms with E-state index < -0.39 is 4.92 Å². The molecule has 128 valence electrons. The van der Waals surface area contributed by atoms with Crippen molar-refractivity contribution in [3.63, 3.8) is 0 Å². The van der Waals surface area contributed by atoms with Crippen molar-refractivity contribution >= 4 is 23.0 Å². The molecule has 0 spiro atoms. The molecule has 2 aromatic carbocycles. The zero-order valence-electron chi connectivity index (χ0n) is 14.0. The number of amides is 1. The lowest BCUT2D eigenvalue weighted by atomic mass is 10.1. The van der Waals surface area contributed by atoms with E-state index in [1.807, 2.05) is 37.3 Å². The van der Waals surface area contributed by atoms with E-state index in [0.717, 1.165) is 17.7 Å². The minimum absolute atomic E-state index is 0.0508. The summed E-state index contributed by atoms with van der Waals surface area (Å²) >= 11 is 0. The number of hydrogen-bond acceptors (Lipinski definition) is 5. The predicted octanol–water partition coefficient (Wildman–Crippen LogP) is 3.10. The van der Waals surface area contributed by atoms with Crippen molar-refractivity contribution in [3.8, 4) is 6.07 Å². The average Bonchev–Trinajstić information content (AvgIpc) is 2.61. The summed E-state index contributed by atoms with van der Waals surface area (Å²) in [6.45, 7) is 1.95. The Hall–Kier alpha value is -3.40. The lowest BCUT2D eigenvalue weighted by Crippen LogP contribution is -2.30. The summed E-state index contributed by atoms with van der Waals surface area (Å²) in [5.74, 6) is -0.276. The van der Waals surface area contributed by atoms with Crippen molar-refractivity contribution in [2.24, 2.45) is 0 Å². The van der Waals surface area contributed by atoms with Crippen molar-refractivity contribution in [2.75, 3.05) is 23.8 Å². The van der Waals surface area contributed by atoms with Gasteiger partial charge in [-0.3, -0.25) is 14.9 Å². The maximum Gasteiger partial charge on any atom is 0.293 e. The number of aryl methyl sites for hydroxylation is 1. The number of nitro benzene ring substituents is 1. The van der Waals surface area contributed by atoms with E-state index in [1.165, 1.54) is 23.1 Å². The first-order valence-electron chi connectivity index (χ1n) is 7.73. The summed E-state index contributed by atoms with van der Waals surface area (Å²) in [6.07, 6.45) is 0.785. The Kier molecular flexibility index (Phi) is 5.69. The summed E-state index contributed by atoms with van der Waals surface area (Å²) in [5, 5.41) is 22.9. The van der Waals surface area contributed by atoms with Gasteiger partial charge in [0.15, 0.2) is 0 Å². The number of likely N-dealkylation sites (N-methyl/N-ethyl adjacent to an activating group) is 1. The Morgan fingerprint density at radius 3 is 2.68 bits per heavy atom. The molecule has 25 heavy (non-hydrogen) atoms. The molecule has 0 fully saturated rings. The van der Waals surface area contributed by atoms with Crippen molar-refractivity contribution in [2.45, 2.75) is 13.3 Å². The second kappa shape index (κ2) is 7.93. The molecule has 2 aromatic rings. The summed E-state index contributed by atoms with van der Waals surface area (Å²) in [6, 6.07) is 13.5. The first-order chi connectivity index (χ1) is 12.0. The Balaban J connectivity index is 2.16. The number of hydrogen-bond donors (Lipinski definition) is 1. The monoisotopic (exact) mass is 338 g/mol. The molecule has 0 saturated carbocycles. The molecule has 0 bridgehead atoms. The van der Waals surface area contributed by atoms with Gasteiger partial charge in [-0.15, -0.1) is 0 Å². The number of rotatable bonds is 6. The third kappa shape index (κ3) is 4.32. The van der Waals surface area contributed by atoms with Gasteiger partial charge in [-0.2, -0.15) is 5.26 Å².